The second kappa shape index (κ2) is 8.81. The Hall–Kier alpha value is -3.32. The zero-order chi connectivity index (χ0) is 22.0. The average molecular weight is 422 g/mol. The van der Waals surface area contributed by atoms with Crippen LogP contribution in [-0.2, 0) is 20.7 Å². The van der Waals surface area contributed by atoms with Gasteiger partial charge in [-0.15, -0.1) is 0 Å². The fourth-order valence-corrected chi connectivity index (χ4v) is 3.83. The van der Waals surface area contributed by atoms with Crippen molar-refractivity contribution in [1.82, 2.24) is 0 Å². The Balaban J connectivity index is 1.56. The van der Waals surface area contributed by atoms with Crippen LogP contribution in [0.25, 0.3) is 11.0 Å². The number of anilines is 2. The van der Waals surface area contributed by atoms with Crippen LogP contribution >= 0.6 is 0 Å². The maximum atomic E-state index is 12.8. The van der Waals surface area contributed by atoms with Crippen LogP contribution in [-0.4, -0.2) is 45.3 Å². The minimum Gasteiger partial charge on any atom is -0.465 e. The molecule has 0 saturated carbocycles. The Kier molecular flexibility index (Phi) is 5.95. The summed E-state index contributed by atoms with van der Waals surface area (Å²) in [5.41, 5.74) is 5.45. The number of carbonyl (C=O) groups is 2. The van der Waals surface area contributed by atoms with Crippen molar-refractivity contribution in [3.8, 4) is 0 Å². The lowest BCUT2D eigenvalue weighted by molar-refractivity contribution is -0.115. The van der Waals surface area contributed by atoms with Crippen LogP contribution in [0.5, 0.6) is 0 Å². The second-order valence-electron chi connectivity index (χ2n) is 7.69. The summed E-state index contributed by atoms with van der Waals surface area (Å²) in [6, 6.07) is 9.39. The van der Waals surface area contributed by atoms with Crippen LogP contribution in [0.15, 0.2) is 41.0 Å². The maximum Gasteiger partial charge on any atom is 0.340 e. The molecule has 1 saturated heterocycles. The van der Waals surface area contributed by atoms with Crippen LogP contribution in [0.3, 0.4) is 0 Å². The molecule has 0 spiro atoms. The first-order valence-corrected chi connectivity index (χ1v) is 10.3. The van der Waals surface area contributed by atoms with Crippen molar-refractivity contribution in [2.75, 3.05) is 43.6 Å². The molecule has 0 unspecified atom stereocenters. The second-order valence-corrected chi connectivity index (χ2v) is 7.69. The first-order valence-electron chi connectivity index (χ1n) is 10.3. The van der Waals surface area contributed by atoms with E-state index in [0.717, 1.165) is 46.4 Å². The van der Waals surface area contributed by atoms with E-state index < -0.39 is 5.97 Å². The number of nitrogens with zero attached hydrogens (tertiary/aromatic N) is 1. The summed E-state index contributed by atoms with van der Waals surface area (Å²) in [4.78, 5) is 27.3. The number of rotatable bonds is 5. The number of benzene rings is 2. The predicted octanol–water partition coefficient (Wildman–Crippen LogP) is 3.85. The molecule has 2 heterocycles. The smallest absolute Gasteiger partial charge is 0.340 e. The standard InChI is InChI=1S/C24H26N2O5/c1-15-4-6-19-17(14-31-23(19)16(15)2)12-22(27)25-21-7-5-18(13-20(21)24(28)29-3)26-8-10-30-11-9-26/h4-7,13-14H,8-12H2,1-3H3,(H,25,27). The van der Waals surface area contributed by atoms with Crippen molar-refractivity contribution < 1.29 is 23.5 Å². The van der Waals surface area contributed by atoms with Crippen LogP contribution in [0.4, 0.5) is 11.4 Å². The number of morpholine rings is 1. The van der Waals surface area contributed by atoms with Crippen molar-refractivity contribution in [1.29, 1.82) is 0 Å². The highest BCUT2D eigenvalue weighted by Gasteiger charge is 2.19. The first-order chi connectivity index (χ1) is 15.0. The van der Waals surface area contributed by atoms with E-state index in [1.165, 1.54) is 7.11 Å². The Morgan fingerprint density at radius 1 is 1.13 bits per heavy atom. The molecule has 1 aliphatic heterocycles. The summed E-state index contributed by atoms with van der Waals surface area (Å²) < 4.78 is 16.0. The zero-order valence-electron chi connectivity index (χ0n) is 18.0. The van der Waals surface area contributed by atoms with Crippen molar-refractivity contribution in [2.24, 2.45) is 0 Å². The number of nitrogens with one attached hydrogen (secondary N) is 1. The Morgan fingerprint density at radius 2 is 1.90 bits per heavy atom. The minimum absolute atomic E-state index is 0.140. The van der Waals surface area contributed by atoms with Gasteiger partial charge in [0.25, 0.3) is 0 Å². The van der Waals surface area contributed by atoms with Gasteiger partial charge in [-0.2, -0.15) is 0 Å². The Labute approximate surface area is 180 Å². The summed E-state index contributed by atoms with van der Waals surface area (Å²) >= 11 is 0. The van der Waals surface area contributed by atoms with Crippen LogP contribution in [0.2, 0.25) is 0 Å². The molecule has 1 aromatic heterocycles. The lowest BCUT2D eigenvalue weighted by Gasteiger charge is -2.29. The molecule has 0 bridgehead atoms. The fourth-order valence-electron chi connectivity index (χ4n) is 3.83. The van der Waals surface area contributed by atoms with Gasteiger partial charge in [0.15, 0.2) is 0 Å². The summed E-state index contributed by atoms with van der Waals surface area (Å²) in [5, 5.41) is 3.79. The summed E-state index contributed by atoms with van der Waals surface area (Å²) in [7, 11) is 1.33. The van der Waals surface area contributed by atoms with Crippen molar-refractivity contribution >= 4 is 34.2 Å². The number of ether oxygens (including phenoxy) is 2. The van der Waals surface area contributed by atoms with Crippen LogP contribution in [0.1, 0.15) is 27.0 Å². The van der Waals surface area contributed by atoms with E-state index in [-0.39, 0.29) is 12.3 Å². The summed E-state index contributed by atoms with van der Waals surface area (Å²) in [6.07, 6.45) is 1.76. The molecular formula is C24H26N2O5. The molecule has 7 nitrogen and oxygen atoms in total. The number of hydrogen-bond acceptors (Lipinski definition) is 6. The van der Waals surface area contributed by atoms with Gasteiger partial charge in [-0.25, -0.2) is 4.79 Å². The molecule has 31 heavy (non-hydrogen) atoms. The molecular weight excluding hydrogens is 396 g/mol. The van der Waals surface area contributed by atoms with Gasteiger partial charge in [0, 0.05) is 29.7 Å². The molecule has 4 rings (SSSR count). The number of fused-ring (bicyclic) bond motifs is 1. The Bertz CT molecular complexity index is 1130. The van der Waals surface area contributed by atoms with Crippen LogP contribution in [0, 0.1) is 13.8 Å². The molecule has 162 valence electrons. The van der Waals surface area contributed by atoms with E-state index in [9.17, 15) is 9.59 Å². The normalized spacial score (nSPS) is 14.0. The van der Waals surface area contributed by atoms with Gasteiger partial charge in [-0.1, -0.05) is 12.1 Å². The van der Waals surface area contributed by atoms with E-state index in [1.54, 1.807) is 18.4 Å². The number of hydrogen-bond donors (Lipinski definition) is 1. The molecule has 0 radical (unpaired) electrons. The van der Waals surface area contributed by atoms with Gasteiger partial charge in [-0.05, 0) is 43.2 Å². The third-order valence-corrected chi connectivity index (χ3v) is 5.75. The summed E-state index contributed by atoms with van der Waals surface area (Å²) in [5.74, 6) is -0.726. The molecule has 1 fully saturated rings. The Morgan fingerprint density at radius 3 is 2.65 bits per heavy atom. The van der Waals surface area contributed by atoms with Crippen LogP contribution < -0.4 is 10.2 Å². The zero-order valence-corrected chi connectivity index (χ0v) is 18.0. The number of carbonyl (C=O) groups excluding carboxylic acids is 2. The van der Waals surface area contributed by atoms with Gasteiger partial charge in [-0.3, -0.25) is 4.79 Å². The van der Waals surface area contributed by atoms with Gasteiger partial charge >= 0.3 is 5.97 Å². The number of amides is 1. The lowest BCUT2D eigenvalue weighted by Crippen LogP contribution is -2.36. The van der Waals surface area contributed by atoms with E-state index >= 15 is 0 Å². The highest BCUT2D eigenvalue weighted by atomic mass is 16.5. The van der Waals surface area contributed by atoms with Gasteiger partial charge in [0.2, 0.25) is 5.91 Å². The number of aryl methyl sites for hydroxylation is 2. The summed E-state index contributed by atoms with van der Waals surface area (Å²) in [6.45, 7) is 6.81. The maximum absolute atomic E-state index is 12.8. The largest absolute Gasteiger partial charge is 0.465 e. The van der Waals surface area contributed by atoms with Gasteiger partial charge < -0.3 is 24.1 Å². The number of esters is 1. The first kappa shape index (κ1) is 20.9. The number of furan rings is 1. The number of methoxy groups -OCH3 is 1. The quantitative estimate of drug-likeness (QED) is 0.629. The topological polar surface area (TPSA) is 81.0 Å². The van der Waals surface area contributed by atoms with E-state index in [1.807, 2.05) is 32.0 Å². The highest BCUT2D eigenvalue weighted by Crippen LogP contribution is 2.28. The molecule has 3 aromatic rings. The molecule has 2 aromatic carbocycles. The molecule has 1 N–H and O–H groups in total. The molecule has 7 heteroatoms. The third kappa shape index (κ3) is 4.27. The lowest BCUT2D eigenvalue weighted by atomic mass is 10.0. The van der Waals surface area contributed by atoms with Crippen molar-refractivity contribution in [3.63, 3.8) is 0 Å². The fraction of sp³-hybridized carbons (Fsp3) is 0.333. The van der Waals surface area contributed by atoms with E-state index in [0.29, 0.717) is 24.5 Å². The molecule has 1 aliphatic rings. The van der Waals surface area contributed by atoms with Gasteiger partial charge in [0.05, 0.1) is 44.3 Å². The predicted molar refractivity (Wildman–Crippen MR) is 119 cm³/mol. The molecule has 1 amide bonds. The van der Waals surface area contributed by atoms with E-state index in [2.05, 4.69) is 10.2 Å². The highest BCUT2D eigenvalue weighted by molar-refractivity contribution is 6.03. The van der Waals surface area contributed by atoms with Gasteiger partial charge in [0.1, 0.15) is 5.58 Å². The molecule has 0 atom stereocenters. The average Bonchev–Trinajstić information content (AvgIpc) is 3.19. The minimum atomic E-state index is -0.495. The van der Waals surface area contributed by atoms with Crippen molar-refractivity contribution in [3.05, 3.63) is 58.8 Å². The van der Waals surface area contributed by atoms with E-state index in [4.69, 9.17) is 13.9 Å². The monoisotopic (exact) mass is 422 g/mol. The van der Waals surface area contributed by atoms with Crippen molar-refractivity contribution in [2.45, 2.75) is 20.3 Å². The third-order valence-electron chi connectivity index (χ3n) is 5.75. The SMILES string of the molecule is COC(=O)c1cc(N2CCOCC2)ccc1NC(=O)Cc1coc2c(C)c(C)ccc12. The molecule has 0 aliphatic carbocycles.